The molecular formula is C16H22N6O4. The van der Waals surface area contributed by atoms with Gasteiger partial charge in [-0.1, -0.05) is 5.16 Å². The summed E-state index contributed by atoms with van der Waals surface area (Å²) in [6.07, 6.45) is 4.57. The van der Waals surface area contributed by atoms with Crippen molar-refractivity contribution >= 4 is 17.8 Å². The third-order valence-corrected chi connectivity index (χ3v) is 4.97. The van der Waals surface area contributed by atoms with Gasteiger partial charge in [0.25, 0.3) is 11.7 Å². The second-order valence-corrected chi connectivity index (χ2v) is 6.96. The van der Waals surface area contributed by atoms with E-state index in [1.165, 1.54) is 4.90 Å². The highest BCUT2D eigenvalue weighted by Gasteiger charge is 2.33. The Labute approximate surface area is 150 Å². The third kappa shape index (κ3) is 3.55. The van der Waals surface area contributed by atoms with Gasteiger partial charge in [0.15, 0.2) is 0 Å². The van der Waals surface area contributed by atoms with E-state index in [1.54, 1.807) is 0 Å². The molecule has 1 aliphatic carbocycles. The topological polar surface area (TPSA) is 121 Å². The molecule has 1 atom stereocenters. The first kappa shape index (κ1) is 17.0. The molecule has 0 radical (unpaired) electrons. The average molecular weight is 362 g/mol. The summed E-state index contributed by atoms with van der Waals surface area (Å²) in [6, 6.07) is -0.0952. The molecule has 2 saturated heterocycles. The number of carbonyl (C=O) groups excluding carboxylic acids is 3. The minimum Gasteiger partial charge on any atom is -0.346 e. The van der Waals surface area contributed by atoms with E-state index in [4.69, 9.17) is 4.52 Å². The molecule has 0 aromatic carbocycles. The van der Waals surface area contributed by atoms with Crippen LogP contribution in [-0.2, 0) is 4.79 Å². The molecule has 1 saturated carbocycles. The van der Waals surface area contributed by atoms with Crippen LogP contribution in [0.2, 0.25) is 0 Å². The van der Waals surface area contributed by atoms with Crippen LogP contribution in [-0.4, -0.2) is 70.0 Å². The maximum atomic E-state index is 12.0. The number of amides is 4. The second-order valence-electron chi connectivity index (χ2n) is 6.96. The summed E-state index contributed by atoms with van der Waals surface area (Å²) in [7, 11) is 0. The molecule has 0 bridgehead atoms. The lowest BCUT2D eigenvalue weighted by Crippen LogP contribution is -2.34. The number of nitrogens with one attached hydrogen (secondary N) is 2. The van der Waals surface area contributed by atoms with Crippen LogP contribution in [0.15, 0.2) is 4.52 Å². The van der Waals surface area contributed by atoms with Gasteiger partial charge < -0.3 is 15.2 Å². The first-order chi connectivity index (χ1) is 12.6. The van der Waals surface area contributed by atoms with Crippen LogP contribution < -0.4 is 10.6 Å². The van der Waals surface area contributed by atoms with Crippen molar-refractivity contribution in [1.29, 1.82) is 0 Å². The van der Waals surface area contributed by atoms with E-state index in [0.717, 1.165) is 32.2 Å². The second kappa shape index (κ2) is 7.02. The smallest absolute Gasteiger partial charge is 0.324 e. The molecule has 3 fully saturated rings. The van der Waals surface area contributed by atoms with E-state index in [-0.39, 0.29) is 42.3 Å². The Morgan fingerprint density at radius 3 is 2.85 bits per heavy atom. The normalized spacial score (nSPS) is 23.5. The summed E-state index contributed by atoms with van der Waals surface area (Å²) < 4.78 is 5.32. The molecule has 26 heavy (non-hydrogen) atoms. The number of nitrogens with zero attached hydrogens (tertiary/aromatic N) is 4. The lowest BCUT2D eigenvalue weighted by molar-refractivity contribution is -0.125. The summed E-state index contributed by atoms with van der Waals surface area (Å²) in [5, 5.41) is 9.17. The van der Waals surface area contributed by atoms with Gasteiger partial charge in [-0.3, -0.25) is 19.4 Å². The first-order valence-electron chi connectivity index (χ1n) is 9.08. The predicted molar refractivity (Wildman–Crippen MR) is 88.1 cm³/mol. The number of hydrogen-bond donors (Lipinski definition) is 2. The fourth-order valence-corrected chi connectivity index (χ4v) is 3.43. The highest BCUT2D eigenvalue weighted by Crippen LogP contribution is 2.31. The quantitative estimate of drug-likeness (QED) is 0.657. The summed E-state index contributed by atoms with van der Waals surface area (Å²) in [5.74, 6) is 0.0679. The van der Waals surface area contributed by atoms with Crippen molar-refractivity contribution in [1.82, 2.24) is 30.6 Å². The fraction of sp³-hybridized carbons (Fsp3) is 0.688. The van der Waals surface area contributed by atoms with Crippen LogP contribution in [0.4, 0.5) is 4.79 Å². The minimum absolute atomic E-state index is 0.0203. The van der Waals surface area contributed by atoms with Gasteiger partial charge in [0.2, 0.25) is 11.8 Å². The van der Waals surface area contributed by atoms with Gasteiger partial charge in [-0.15, -0.1) is 0 Å². The van der Waals surface area contributed by atoms with Crippen LogP contribution in [0.25, 0.3) is 0 Å². The molecule has 10 nitrogen and oxygen atoms in total. The number of hydrogen-bond acceptors (Lipinski definition) is 7. The fourth-order valence-electron chi connectivity index (χ4n) is 3.43. The molecule has 4 rings (SSSR count). The Kier molecular flexibility index (Phi) is 4.58. The van der Waals surface area contributed by atoms with Crippen molar-refractivity contribution in [3.8, 4) is 0 Å². The highest BCUT2D eigenvalue weighted by atomic mass is 16.5. The molecule has 4 amide bonds. The van der Waals surface area contributed by atoms with Crippen molar-refractivity contribution in [2.24, 2.45) is 0 Å². The van der Waals surface area contributed by atoms with Gasteiger partial charge in [0.05, 0.1) is 12.6 Å². The van der Waals surface area contributed by atoms with E-state index < -0.39 is 0 Å². The SMILES string of the molecule is O=C(NC1CC1)c1noc([C@H]2CCCN2CCCN2C(=O)CNC2=O)n1. The molecule has 140 valence electrons. The van der Waals surface area contributed by atoms with E-state index >= 15 is 0 Å². The minimum atomic E-state index is -0.323. The molecule has 1 aromatic heterocycles. The van der Waals surface area contributed by atoms with Crippen LogP contribution in [0.5, 0.6) is 0 Å². The Morgan fingerprint density at radius 1 is 1.27 bits per heavy atom. The van der Waals surface area contributed by atoms with Crippen molar-refractivity contribution < 1.29 is 18.9 Å². The van der Waals surface area contributed by atoms with Gasteiger partial charge in [-0.2, -0.15) is 4.98 Å². The monoisotopic (exact) mass is 362 g/mol. The van der Waals surface area contributed by atoms with Crippen LogP contribution in [0.3, 0.4) is 0 Å². The zero-order chi connectivity index (χ0) is 18.1. The number of imide groups is 1. The number of urea groups is 1. The van der Waals surface area contributed by atoms with Crippen LogP contribution >= 0.6 is 0 Å². The van der Waals surface area contributed by atoms with Gasteiger partial charge in [0, 0.05) is 19.1 Å². The van der Waals surface area contributed by atoms with Crippen molar-refractivity contribution in [3.05, 3.63) is 11.7 Å². The van der Waals surface area contributed by atoms with E-state index in [2.05, 4.69) is 25.7 Å². The number of aromatic nitrogens is 2. The van der Waals surface area contributed by atoms with Crippen molar-refractivity contribution in [3.63, 3.8) is 0 Å². The lowest BCUT2D eigenvalue weighted by atomic mass is 10.2. The Balaban J connectivity index is 1.31. The maximum absolute atomic E-state index is 12.0. The number of rotatable bonds is 7. The highest BCUT2D eigenvalue weighted by molar-refractivity contribution is 6.01. The maximum Gasteiger partial charge on any atom is 0.324 e. The summed E-state index contributed by atoms with van der Waals surface area (Å²) >= 11 is 0. The third-order valence-electron chi connectivity index (χ3n) is 4.97. The van der Waals surface area contributed by atoms with Crippen molar-refractivity contribution in [2.45, 2.75) is 44.2 Å². The Hall–Kier alpha value is -2.49. The largest absolute Gasteiger partial charge is 0.346 e. The number of carbonyl (C=O) groups is 3. The molecule has 10 heteroatoms. The lowest BCUT2D eigenvalue weighted by Gasteiger charge is -2.22. The Bertz CT molecular complexity index is 699. The molecular weight excluding hydrogens is 340 g/mol. The summed E-state index contributed by atoms with van der Waals surface area (Å²) in [4.78, 5) is 42.9. The summed E-state index contributed by atoms with van der Waals surface area (Å²) in [5.41, 5.74) is 0. The van der Waals surface area contributed by atoms with Gasteiger partial charge in [0.1, 0.15) is 0 Å². The molecule has 3 heterocycles. The van der Waals surface area contributed by atoms with Crippen LogP contribution in [0, 0.1) is 0 Å². The van der Waals surface area contributed by atoms with Gasteiger partial charge in [-0.25, -0.2) is 4.79 Å². The molecule has 0 unspecified atom stereocenters. The predicted octanol–water partition coefficient (Wildman–Crippen LogP) is 0.0406. The summed E-state index contributed by atoms with van der Waals surface area (Å²) in [6.45, 7) is 2.08. The zero-order valence-corrected chi connectivity index (χ0v) is 14.4. The molecule has 0 spiro atoms. The standard InChI is InChI=1S/C16H22N6O4/c23-12-9-17-16(25)22(12)8-2-7-21-6-1-3-11(21)15-19-13(20-26-15)14(24)18-10-4-5-10/h10-11H,1-9H2,(H,17,25)(H,18,24)/t11-/m1/s1. The average Bonchev–Trinajstić information content (AvgIpc) is 3.01. The van der Waals surface area contributed by atoms with Crippen molar-refractivity contribution in [2.75, 3.05) is 26.2 Å². The Morgan fingerprint density at radius 2 is 2.12 bits per heavy atom. The van der Waals surface area contributed by atoms with E-state index in [0.29, 0.717) is 25.4 Å². The van der Waals surface area contributed by atoms with Gasteiger partial charge in [-0.05, 0) is 38.6 Å². The molecule has 1 aromatic rings. The zero-order valence-electron chi connectivity index (χ0n) is 14.4. The van der Waals surface area contributed by atoms with Gasteiger partial charge >= 0.3 is 6.03 Å². The molecule has 2 N–H and O–H groups in total. The van der Waals surface area contributed by atoms with E-state index in [9.17, 15) is 14.4 Å². The van der Waals surface area contributed by atoms with Crippen LogP contribution in [0.1, 0.15) is 54.7 Å². The molecule has 3 aliphatic rings. The first-order valence-corrected chi connectivity index (χ1v) is 9.08. The molecule has 2 aliphatic heterocycles. The number of likely N-dealkylation sites (tertiary alicyclic amines) is 1. The van der Waals surface area contributed by atoms with E-state index in [1.807, 2.05) is 0 Å².